The van der Waals surface area contributed by atoms with Crippen molar-refractivity contribution in [3.05, 3.63) is 99.8 Å². The van der Waals surface area contributed by atoms with Crippen LogP contribution in [0.15, 0.2) is 72.8 Å². The third kappa shape index (κ3) is 5.69. The minimum atomic E-state index is -0.182. The highest BCUT2D eigenvalue weighted by molar-refractivity contribution is 6.33. The number of piperidine rings is 1. The minimum Gasteiger partial charge on any atom is -0.351 e. The quantitative estimate of drug-likeness (QED) is 0.473. The minimum absolute atomic E-state index is 0.0964. The van der Waals surface area contributed by atoms with Gasteiger partial charge in [-0.2, -0.15) is 0 Å². The molecule has 4 rings (SSSR count). The molecule has 166 valence electrons. The summed E-state index contributed by atoms with van der Waals surface area (Å²) in [6.45, 7) is 3.63. The topological polar surface area (TPSA) is 45.2 Å². The van der Waals surface area contributed by atoms with Gasteiger partial charge in [0.2, 0.25) is 0 Å². The van der Waals surface area contributed by atoms with Gasteiger partial charge in [-0.15, -0.1) is 0 Å². The molecule has 0 spiro atoms. The number of carbonyl (C=O) groups excluding carboxylic acids is 1. The fraction of sp³-hybridized carbons (Fsp3) is 0.308. The molecule has 2 aromatic carbocycles. The summed E-state index contributed by atoms with van der Waals surface area (Å²) in [5.41, 5.74) is 2.97. The number of amides is 1. The van der Waals surface area contributed by atoms with Crippen molar-refractivity contribution < 1.29 is 4.79 Å². The van der Waals surface area contributed by atoms with Crippen molar-refractivity contribution in [2.45, 2.75) is 24.7 Å². The largest absolute Gasteiger partial charge is 0.351 e. The molecule has 2 heterocycles. The Morgan fingerprint density at radius 2 is 1.53 bits per heavy atom. The van der Waals surface area contributed by atoms with Crippen LogP contribution in [0.25, 0.3) is 0 Å². The molecule has 4 nitrogen and oxygen atoms in total. The van der Waals surface area contributed by atoms with Crippen LogP contribution in [-0.2, 0) is 11.8 Å². The summed E-state index contributed by atoms with van der Waals surface area (Å²) < 4.78 is 0. The lowest BCUT2D eigenvalue weighted by Gasteiger charge is -2.42. The molecule has 1 fully saturated rings. The van der Waals surface area contributed by atoms with Crippen molar-refractivity contribution >= 4 is 29.1 Å². The molecule has 1 saturated heterocycles. The van der Waals surface area contributed by atoms with Crippen LogP contribution in [-0.4, -0.2) is 42.0 Å². The zero-order chi connectivity index (χ0) is 22.4. The van der Waals surface area contributed by atoms with Crippen molar-refractivity contribution in [2.24, 2.45) is 0 Å². The van der Waals surface area contributed by atoms with Crippen LogP contribution in [0.3, 0.4) is 0 Å². The Morgan fingerprint density at radius 1 is 0.938 bits per heavy atom. The van der Waals surface area contributed by atoms with Crippen LogP contribution in [0, 0.1) is 0 Å². The second-order valence-electron chi connectivity index (χ2n) is 8.41. The smallest absolute Gasteiger partial charge is 0.251 e. The molecule has 1 N–H and O–H groups in total. The van der Waals surface area contributed by atoms with Crippen molar-refractivity contribution in [1.29, 1.82) is 0 Å². The summed E-state index contributed by atoms with van der Waals surface area (Å²) in [5.74, 6) is -0.182. The summed E-state index contributed by atoms with van der Waals surface area (Å²) in [7, 11) is 0. The van der Waals surface area contributed by atoms with E-state index >= 15 is 0 Å². The van der Waals surface area contributed by atoms with Gasteiger partial charge in [0.1, 0.15) is 10.3 Å². The third-order valence-corrected chi connectivity index (χ3v) is 6.76. The number of nitrogens with one attached hydrogen (secondary N) is 1. The molecule has 0 bridgehead atoms. The highest BCUT2D eigenvalue weighted by atomic mass is 35.5. The Labute approximate surface area is 199 Å². The molecule has 6 heteroatoms. The lowest BCUT2D eigenvalue weighted by atomic mass is 9.72. The second kappa shape index (κ2) is 10.5. The summed E-state index contributed by atoms with van der Waals surface area (Å²) in [4.78, 5) is 19.3. The lowest BCUT2D eigenvalue weighted by Crippen LogP contribution is -2.49. The Morgan fingerprint density at radius 3 is 2.16 bits per heavy atom. The molecular formula is C26H27Cl2N3O. The van der Waals surface area contributed by atoms with Crippen LogP contribution in [0.5, 0.6) is 0 Å². The van der Waals surface area contributed by atoms with Crippen molar-refractivity contribution in [1.82, 2.24) is 15.2 Å². The van der Waals surface area contributed by atoms with E-state index in [2.05, 4.69) is 69.8 Å². The van der Waals surface area contributed by atoms with E-state index in [0.717, 1.165) is 38.9 Å². The summed E-state index contributed by atoms with van der Waals surface area (Å²) >= 11 is 12.0. The van der Waals surface area contributed by atoms with E-state index in [4.69, 9.17) is 23.2 Å². The van der Waals surface area contributed by atoms with Crippen LogP contribution in [0.4, 0.5) is 0 Å². The first-order valence-corrected chi connectivity index (χ1v) is 11.7. The predicted molar refractivity (Wildman–Crippen MR) is 131 cm³/mol. The number of aromatic nitrogens is 1. The first-order valence-electron chi connectivity index (χ1n) is 11.0. The van der Waals surface area contributed by atoms with E-state index in [1.807, 2.05) is 6.07 Å². The molecule has 0 aliphatic carbocycles. The van der Waals surface area contributed by atoms with Gasteiger partial charge in [0.25, 0.3) is 5.91 Å². The zero-order valence-corrected chi connectivity index (χ0v) is 19.4. The van der Waals surface area contributed by atoms with E-state index in [9.17, 15) is 4.79 Å². The molecule has 0 atom stereocenters. The summed E-state index contributed by atoms with van der Waals surface area (Å²) in [5, 5.41) is 3.56. The number of pyridine rings is 1. The molecule has 1 aliphatic rings. The third-order valence-electron chi connectivity index (χ3n) is 6.37. The van der Waals surface area contributed by atoms with Gasteiger partial charge in [0.15, 0.2) is 0 Å². The maximum atomic E-state index is 12.8. The maximum absolute atomic E-state index is 12.8. The predicted octanol–water partition coefficient (Wildman–Crippen LogP) is 5.39. The summed E-state index contributed by atoms with van der Waals surface area (Å²) in [6.07, 6.45) is 3.04. The van der Waals surface area contributed by atoms with Gasteiger partial charge in [-0.25, -0.2) is 4.98 Å². The van der Waals surface area contributed by atoms with Gasteiger partial charge < -0.3 is 10.2 Å². The van der Waals surface area contributed by atoms with E-state index in [-0.39, 0.29) is 21.6 Å². The number of benzene rings is 2. The van der Waals surface area contributed by atoms with E-state index in [1.54, 1.807) is 12.1 Å². The normalized spacial score (nSPS) is 15.9. The van der Waals surface area contributed by atoms with Crippen molar-refractivity contribution in [3.63, 3.8) is 0 Å². The van der Waals surface area contributed by atoms with Crippen LogP contribution in [0.2, 0.25) is 10.3 Å². The van der Waals surface area contributed by atoms with Gasteiger partial charge >= 0.3 is 0 Å². The van der Waals surface area contributed by atoms with Gasteiger partial charge in [-0.05, 0) is 55.6 Å². The molecule has 1 aromatic heterocycles. The first-order chi connectivity index (χ1) is 15.5. The van der Waals surface area contributed by atoms with Crippen molar-refractivity contribution in [3.8, 4) is 0 Å². The van der Waals surface area contributed by atoms with Crippen LogP contribution < -0.4 is 5.32 Å². The number of hydrogen-bond acceptors (Lipinski definition) is 3. The monoisotopic (exact) mass is 467 g/mol. The number of rotatable bonds is 7. The average molecular weight is 468 g/mol. The van der Waals surface area contributed by atoms with Gasteiger partial charge in [0.05, 0.1) is 0 Å². The number of likely N-dealkylation sites (tertiary alicyclic amines) is 1. The lowest BCUT2D eigenvalue weighted by molar-refractivity contribution is 0.0922. The highest BCUT2D eigenvalue weighted by Crippen LogP contribution is 2.35. The SMILES string of the molecule is O=C(NCC1(c2ccccc2)CCN(CCc2ccccc2)CC1)c1cc(Cl)nc(Cl)c1. The Kier molecular flexibility index (Phi) is 7.46. The Bertz CT molecular complexity index is 1020. The average Bonchev–Trinajstić information content (AvgIpc) is 2.82. The van der Waals surface area contributed by atoms with E-state index < -0.39 is 0 Å². The first kappa shape index (κ1) is 22.8. The standard InChI is InChI=1S/C26H27Cl2N3O/c27-23-17-21(18-24(28)30-23)25(32)29-19-26(22-9-5-2-6-10-22)12-15-31(16-13-26)14-11-20-7-3-1-4-8-20/h1-10,17-18H,11-16,19H2,(H,29,32). The zero-order valence-electron chi connectivity index (χ0n) is 17.9. The number of carbonyl (C=O) groups is 1. The number of nitrogens with zero attached hydrogens (tertiary/aromatic N) is 2. The van der Waals surface area contributed by atoms with E-state index in [0.29, 0.717) is 12.1 Å². The molecule has 0 radical (unpaired) electrons. The summed E-state index contributed by atoms with van der Waals surface area (Å²) in [6, 6.07) is 24.2. The van der Waals surface area contributed by atoms with Crippen molar-refractivity contribution in [2.75, 3.05) is 26.2 Å². The van der Waals surface area contributed by atoms with Gasteiger partial charge in [-0.3, -0.25) is 4.79 Å². The fourth-order valence-electron chi connectivity index (χ4n) is 4.44. The molecule has 1 aliphatic heterocycles. The van der Waals surface area contributed by atoms with Crippen LogP contribution >= 0.6 is 23.2 Å². The Hall–Kier alpha value is -2.40. The van der Waals surface area contributed by atoms with Gasteiger partial charge in [-0.1, -0.05) is 83.9 Å². The number of halogens is 2. The number of hydrogen-bond donors (Lipinski definition) is 1. The molecule has 32 heavy (non-hydrogen) atoms. The maximum Gasteiger partial charge on any atom is 0.251 e. The van der Waals surface area contributed by atoms with Crippen LogP contribution in [0.1, 0.15) is 34.3 Å². The molecule has 1 amide bonds. The highest BCUT2D eigenvalue weighted by Gasteiger charge is 2.36. The molecule has 0 saturated carbocycles. The second-order valence-corrected chi connectivity index (χ2v) is 9.18. The van der Waals surface area contributed by atoms with E-state index in [1.165, 1.54) is 11.1 Å². The Balaban J connectivity index is 1.42. The fourth-order valence-corrected chi connectivity index (χ4v) is 4.90. The van der Waals surface area contributed by atoms with Gasteiger partial charge in [0, 0.05) is 24.1 Å². The molecule has 0 unspecified atom stereocenters. The molecular weight excluding hydrogens is 441 g/mol. The molecule has 3 aromatic rings.